The fraction of sp³-hybridized carbons (Fsp3) is 0.286. The number of epoxide rings is 1. The molecule has 2 aromatic carbocycles. The van der Waals surface area contributed by atoms with E-state index in [1.54, 1.807) is 12.1 Å². The van der Waals surface area contributed by atoms with Crippen LogP contribution in [0.15, 0.2) is 42.5 Å². The first-order valence-corrected chi connectivity index (χ1v) is 8.58. The van der Waals surface area contributed by atoms with Crippen molar-refractivity contribution in [1.29, 1.82) is 0 Å². The number of ketones is 1. The van der Waals surface area contributed by atoms with Crippen LogP contribution in [0.25, 0.3) is 0 Å². The molecule has 2 aromatic rings. The molecule has 1 fully saturated rings. The number of carbonyl (C=O) groups excluding carboxylic acids is 1. The van der Waals surface area contributed by atoms with Crippen molar-refractivity contribution in [2.75, 3.05) is 7.11 Å². The molecule has 2 unspecified atom stereocenters. The number of benzene rings is 2. The monoisotopic (exact) mass is 370 g/mol. The van der Waals surface area contributed by atoms with Crippen molar-refractivity contribution in [1.82, 2.24) is 0 Å². The molecule has 0 aliphatic carbocycles. The largest absolute Gasteiger partial charge is 0.508 e. The molecular weight excluding hydrogens is 348 g/mol. The molecule has 3 rings (SSSR count). The van der Waals surface area contributed by atoms with Gasteiger partial charge < -0.3 is 24.8 Å². The number of phenolic OH excluding ortho intramolecular Hbond substituents is 3. The van der Waals surface area contributed by atoms with Gasteiger partial charge in [0.05, 0.1) is 7.11 Å². The van der Waals surface area contributed by atoms with E-state index in [4.69, 9.17) is 9.47 Å². The molecule has 3 N–H and O–H groups in total. The van der Waals surface area contributed by atoms with Gasteiger partial charge in [-0.15, -0.1) is 6.58 Å². The zero-order valence-electron chi connectivity index (χ0n) is 15.2. The van der Waals surface area contributed by atoms with Crippen LogP contribution in [0, 0.1) is 0 Å². The van der Waals surface area contributed by atoms with Crippen LogP contribution in [0.5, 0.6) is 23.0 Å². The molecule has 0 spiro atoms. The van der Waals surface area contributed by atoms with Crippen LogP contribution in [0.3, 0.4) is 0 Å². The first-order valence-electron chi connectivity index (χ1n) is 8.58. The SMILES string of the molecule is C=C(C)CCc1c(O)cc(OC)c(C(=O)C2OC2c2ccc(O)cc2)c1O. The summed E-state index contributed by atoms with van der Waals surface area (Å²) in [7, 11) is 1.36. The molecule has 142 valence electrons. The Bertz CT molecular complexity index is 885. The molecule has 1 aliphatic rings. The predicted octanol–water partition coefficient (Wildman–Crippen LogP) is 3.64. The van der Waals surface area contributed by atoms with Crippen molar-refractivity contribution >= 4 is 5.78 Å². The van der Waals surface area contributed by atoms with Gasteiger partial charge in [0.25, 0.3) is 0 Å². The lowest BCUT2D eigenvalue weighted by Gasteiger charge is -2.15. The summed E-state index contributed by atoms with van der Waals surface area (Å²) >= 11 is 0. The third-order valence-electron chi connectivity index (χ3n) is 4.59. The molecule has 1 aliphatic heterocycles. The summed E-state index contributed by atoms with van der Waals surface area (Å²) in [4.78, 5) is 12.9. The summed E-state index contributed by atoms with van der Waals surface area (Å²) in [6.07, 6.45) is -0.288. The Hall–Kier alpha value is -2.99. The maximum Gasteiger partial charge on any atom is 0.202 e. The fourth-order valence-electron chi connectivity index (χ4n) is 3.03. The molecular formula is C21H22O6. The standard InChI is InChI=1S/C21H22O6/c1-11(2)4-9-14-15(23)10-16(26-3)17(18(14)24)19(25)21-20(27-21)12-5-7-13(22)8-6-12/h5-8,10,20-24H,1,4,9H2,2-3H3. The van der Waals surface area contributed by atoms with Gasteiger partial charge in [0.2, 0.25) is 5.78 Å². The topological polar surface area (TPSA) is 99.5 Å². The van der Waals surface area contributed by atoms with Crippen LogP contribution in [0.4, 0.5) is 0 Å². The van der Waals surface area contributed by atoms with E-state index < -0.39 is 18.0 Å². The average molecular weight is 370 g/mol. The second-order valence-corrected chi connectivity index (χ2v) is 6.69. The predicted molar refractivity (Wildman–Crippen MR) is 99.5 cm³/mol. The number of hydrogen-bond donors (Lipinski definition) is 3. The number of carbonyl (C=O) groups is 1. The Morgan fingerprint density at radius 2 is 1.89 bits per heavy atom. The smallest absolute Gasteiger partial charge is 0.202 e. The van der Waals surface area contributed by atoms with E-state index in [2.05, 4.69) is 6.58 Å². The Morgan fingerprint density at radius 1 is 1.22 bits per heavy atom. The van der Waals surface area contributed by atoms with Crippen LogP contribution in [0.2, 0.25) is 0 Å². The minimum absolute atomic E-state index is 0.00158. The lowest BCUT2D eigenvalue weighted by Crippen LogP contribution is -2.11. The molecule has 0 aromatic heterocycles. The van der Waals surface area contributed by atoms with Crippen molar-refractivity contribution in [3.05, 3.63) is 59.2 Å². The maximum atomic E-state index is 12.9. The highest BCUT2D eigenvalue weighted by atomic mass is 16.6. The summed E-state index contributed by atoms with van der Waals surface area (Å²) in [6.45, 7) is 5.67. The van der Waals surface area contributed by atoms with E-state index in [1.807, 2.05) is 6.92 Å². The number of allylic oxidation sites excluding steroid dienone is 1. The molecule has 0 saturated carbocycles. The number of methoxy groups -OCH3 is 1. The van der Waals surface area contributed by atoms with Crippen molar-refractivity contribution < 1.29 is 29.6 Å². The zero-order valence-corrected chi connectivity index (χ0v) is 15.2. The van der Waals surface area contributed by atoms with Crippen LogP contribution >= 0.6 is 0 Å². The van der Waals surface area contributed by atoms with Gasteiger partial charge in [-0.1, -0.05) is 17.7 Å². The number of rotatable bonds is 7. The van der Waals surface area contributed by atoms with E-state index in [1.165, 1.54) is 25.3 Å². The normalized spacial score (nSPS) is 18.1. The van der Waals surface area contributed by atoms with E-state index in [9.17, 15) is 20.1 Å². The fourth-order valence-corrected chi connectivity index (χ4v) is 3.03. The highest BCUT2D eigenvalue weighted by Crippen LogP contribution is 2.46. The van der Waals surface area contributed by atoms with Gasteiger partial charge >= 0.3 is 0 Å². The summed E-state index contributed by atoms with van der Waals surface area (Å²) in [5, 5.41) is 30.2. The summed E-state index contributed by atoms with van der Waals surface area (Å²) < 4.78 is 10.7. The van der Waals surface area contributed by atoms with E-state index in [0.29, 0.717) is 12.8 Å². The lowest BCUT2D eigenvalue weighted by atomic mass is 9.95. The van der Waals surface area contributed by atoms with Gasteiger partial charge in [-0.05, 0) is 37.5 Å². The number of phenols is 3. The van der Waals surface area contributed by atoms with Crippen LogP contribution < -0.4 is 4.74 Å². The second kappa shape index (κ2) is 7.32. The van der Waals surface area contributed by atoms with Gasteiger partial charge in [-0.25, -0.2) is 0 Å². The van der Waals surface area contributed by atoms with Gasteiger partial charge in [0.15, 0.2) is 6.10 Å². The van der Waals surface area contributed by atoms with Crippen molar-refractivity contribution in [3.63, 3.8) is 0 Å². The third-order valence-corrected chi connectivity index (χ3v) is 4.59. The van der Waals surface area contributed by atoms with Crippen molar-refractivity contribution in [2.45, 2.75) is 32.0 Å². The Balaban J connectivity index is 1.90. The Morgan fingerprint density at radius 3 is 2.48 bits per heavy atom. The maximum absolute atomic E-state index is 12.9. The van der Waals surface area contributed by atoms with Gasteiger partial charge in [0, 0.05) is 11.6 Å². The number of hydrogen-bond acceptors (Lipinski definition) is 6. The van der Waals surface area contributed by atoms with E-state index >= 15 is 0 Å². The number of aromatic hydroxyl groups is 3. The summed E-state index contributed by atoms with van der Waals surface area (Å²) in [6, 6.07) is 7.73. The van der Waals surface area contributed by atoms with Crippen LogP contribution in [0.1, 0.15) is 40.9 Å². The van der Waals surface area contributed by atoms with Crippen molar-refractivity contribution in [3.8, 4) is 23.0 Å². The number of Topliss-reactive ketones (excluding diaryl/α,β-unsaturated/α-hetero) is 1. The van der Waals surface area contributed by atoms with Gasteiger partial charge in [0.1, 0.15) is 34.7 Å². The van der Waals surface area contributed by atoms with E-state index in [0.717, 1.165) is 11.1 Å². The first kappa shape index (κ1) is 18.8. The first-order chi connectivity index (χ1) is 12.8. The molecule has 27 heavy (non-hydrogen) atoms. The van der Waals surface area contributed by atoms with Crippen LogP contribution in [-0.2, 0) is 11.2 Å². The van der Waals surface area contributed by atoms with E-state index in [-0.39, 0.29) is 34.1 Å². The third kappa shape index (κ3) is 3.75. The summed E-state index contributed by atoms with van der Waals surface area (Å²) in [5.74, 6) is -0.623. The van der Waals surface area contributed by atoms with Gasteiger partial charge in [-0.2, -0.15) is 0 Å². The quantitative estimate of drug-likeness (QED) is 0.391. The highest BCUT2D eigenvalue weighted by Gasteiger charge is 2.48. The second-order valence-electron chi connectivity index (χ2n) is 6.69. The minimum Gasteiger partial charge on any atom is -0.508 e. The Kier molecular flexibility index (Phi) is 5.10. The number of ether oxygens (including phenoxy) is 2. The summed E-state index contributed by atoms with van der Waals surface area (Å²) in [5.41, 5.74) is 1.93. The molecule has 6 nitrogen and oxygen atoms in total. The molecule has 0 amide bonds. The molecule has 0 radical (unpaired) electrons. The zero-order chi connectivity index (χ0) is 19.7. The lowest BCUT2D eigenvalue weighted by molar-refractivity contribution is 0.0947. The minimum atomic E-state index is -0.757. The van der Waals surface area contributed by atoms with Crippen LogP contribution in [-0.4, -0.2) is 34.3 Å². The molecule has 1 saturated heterocycles. The molecule has 6 heteroatoms. The molecule has 0 bridgehead atoms. The average Bonchev–Trinajstić information content (AvgIpc) is 3.41. The Labute approximate surface area is 157 Å². The molecule has 1 heterocycles. The highest BCUT2D eigenvalue weighted by molar-refractivity contribution is 6.06. The van der Waals surface area contributed by atoms with Crippen molar-refractivity contribution in [2.24, 2.45) is 0 Å². The molecule has 2 atom stereocenters. The van der Waals surface area contributed by atoms with Gasteiger partial charge in [-0.3, -0.25) is 4.79 Å².